The van der Waals surface area contributed by atoms with E-state index in [1.54, 1.807) is 0 Å². The third kappa shape index (κ3) is 3.72. The first-order chi connectivity index (χ1) is 7.30. The van der Waals surface area contributed by atoms with E-state index in [2.05, 4.69) is 35.4 Å². The van der Waals surface area contributed by atoms with Crippen molar-refractivity contribution in [2.24, 2.45) is 5.92 Å². The molecule has 92 valence electrons. The molecule has 1 aromatic rings. The molecule has 0 aromatic carbocycles. The van der Waals surface area contributed by atoms with Gasteiger partial charge in [-0.1, -0.05) is 34.6 Å². The molecule has 1 heterocycles. The van der Waals surface area contributed by atoms with Crippen molar-refractivity contribution in [3.8, 4) is 0 Å². The van der Waals surface area contributed by atoms with Crippen LogP contribution >= 0.6 is 11.5 Å². The Kier molecular flexibility index (Phi) is 4.27. The van der Waals surface area contributed by atoms with Gasteiger partial charge in [0.1, 0.15) is 5.82 Å². The highest BCUT2D eigenvalue weighted by atomic mass is 32.1. The van der Waals surface area contributed by atoms with E-state index in [1.807, 2.05) is 13.8 Å². The molecule has 1 atom stereocenters. The molecule has 1 rings (SSSR count). The lowest BCUT2D eigenvalue weighted by atomic mass is 9.96. The Morgan fingerprint density at radius 1 is 1.38 bits per heavy atom. The van der Waals surface area contributed by atoms with Crippen molar-refractivity contribution in [1.82, 2.24) is 9.36 Å². The third-order valence-corrected chi connectivity index (χ3v) is 3.00. The second-order valence-corrected chi connectivity index (χ2v) is 6.12. The lowest BCUT2D eigenvalue weighted by molar-refractivity contribution is 0.138. The highest BCUT2D eigenvalue weighted by Crippen LogP contribution is 2.22. The molecule has 4 nitrogen and oxygen atoms in total. The minimum atomic E-state index is -0.345. The van der Waals surface area contributed by atoms with Crippen molar-refractivity contribution in [2.75, 3.05) is 11.9 Å². The van der Waals surface area contributed by atoms with Gasteiger partial charge < -0.3 is 10.4 Å². The summed E-state index contributed by atoms with van der Waals surface area (Å²) in [5.41, 5.74) is -0.0207. The molecule has 2 N–H and O–H groups in total. The van der Waals surface area contributed by atoms with Crippen molar-refractivity contribution >= 4 is 16.7 Å². The second-order valence-electron chi connectivity index (χ2n) is 5.37. The van der Waals surface area contributed by atoms with Gasteiger partial charge in [-0.05, 0) is 5.92 Å². The summed E-state index contributed by atoms with van der Waals surface area (Å²) in [6.45, 7) is 10.8. The Balaban J connectivity index is 2.53. The molecule has 0 aliphatic heterocycles. The third-order valence-electron chi connectivity index (χ3n) is 2.33. The number of nitrogens with zero attached hydrogens (tertiary/aromatic N) is 2. The lowest BCUT2D eigenvalue weighted by Gasteiger charge is -2.14. The normalized spacial score (nSPS) is 14.2. The van der Waals surface area contributed by atoms with Gasteiger partial charge >= 0.3 is 0 Å². The van der Waals surface area contributed by atoms with Crippen LogP contribution in [0.4, 0.5) is 5.13 Å². The highest BCUT2D eigenvalue weighted by molar-refractivity contribution is 7.09. The van der Waals surface area contributed by atoms with E-state index in [4.69, 9.17) is 0 Å². The lowest BCUT2D eigenvalue weighted by Crippen LogP contribution is -2.24. The standard InChI is InChI=1S/C11H21N3OS/c1-7(2)8(15)6-12-10-13-9(14-16-10)11(3,4)5/h7-8,15H,6H2,1-5H3,(H,12,13,14). The van der Waals surface area contributed by atoms with E-state index in [0.29, 0.717) is 6.54 Å². The van der Waals surface area contributed by atoms with Crippen molar-refractivity contribution in [2.45, 2.75) is 46.1 Å². The first kappa shape index (κ1) is 13.4. The zero-order chi connectivity index (χ0) is 12.3. The monoisotopic (exact) mass is 243 g/mol. The van der Waals surface area contributed by atoms with E-state index in [-0.39, 0.29) is 17.4 Å². The number of hydrogen-bond donors (Lipinski definition) is 2. The molecule has 16 heavy (non-hydrogen) atoms. The number of anilines is 1. The Morgan fingerprint density at radius 3 is 2.44 bits per heavy atom. The molecule has 0 aliphatic carbocycles. The van der Waals surface area contributed by atoms with Crippen LogP contribution in [0.25, 0.3) is 0 Å². The molecule has 0 aliphatic rings. The summed E-state index contributed by atoms with van der Waals surface area (Å²) in [7, 11) is 0. The minimum Gasteiger partial charge on any atom is -0.391 e. The summed E-state index contributed by atoms with van der Waals surface area (Å²) in [5, 5.41) is 13.5. The largest absolute Gasteiger partial charge is 0.391 e. The molecule has 0 spiro atoms. The molecule has 1 aromatic heterocycles. The zero-order valence-electron chi connectivity index (χ0n) is 10.6. The first-order valence-electron chi connectivity index (χ1n) is 5.57. The van der Waals surface area contributed by atoms with Crippen LogP contribution < -0.4 is 5.32 Å². The second kappa shape index (κ2) is 5.10. The van der Waals surface area contributed by atoms with Crippen LogP contribution in [0.2, 0.25) is 0 Å². The van der Waals surface area contributed by atoms with Crippen LogP contribution in [0.5, 0.6) is 0 Å². The summed E-state index contributed by atoms with van der Waals surface area (Å²) in [6, 6.07) is 0. The first-order valence-corrected chi connectivity index (χ1v) is 6.34. The van der Waals surface area contributed by atoms with Crippen molar-refractivity contribution in [1.29, 1.82) is 0 Å². The zero-order valence-corrected chi connectivity index (χ0v) is 11.4. The molecule has 0 fully saturated rings. The SMILES string of the molecule is CC(C)C(O)CNc1nc(C(C)(C)C)ns1. The highest BCUT2D eigenvalue weighted by Gasteiger charge is 2.19. The maximum Gasteiger partial charge on any atom is 0.202 e. The van der Waals surface area contributed by atoms with E-state index in [1.165, 1.54) is 11.5 Å². The van der Waals surface area contributed by atoms with E-state index >= 15 is 0 Å². The van der Waals surface area contributed by atoms with Gasteiger partial charge in [0, 0.05) is 23.5 Å². The Morgan fingerprint density at radius 2 is 2.00 bits per heavy atom. The van der Waals surface area contributed by atoms with Crippen LogP contribution in [0.15, 0.2) is 0 Å². The van der Waals surface area contributed by atoms with E-state index < -0.39 is 0 Å². The van der Waals surface area contributed by atoms with Crippen LogP contribution in [0.1, 0.15) is 40.4 Å². The molecule has 0 radical (unpaired) electrons. The number of nitrogens with one attached hydrogen (secondary N) is 1. The van der Waals surface area contributed by atoms with Crippen molar-refractivity contribution in [3.05, 3.63) is 5.82 Å². The van der Waals surface area contributed by atoms with E-state index in [9.17, 15) is 5.11 Å². The predicted molar refractivity (Wildman–Crippen MR) is 67.9 cm³/mol. The Hall–Kier alpha value is -0.680. The smallest absolute Gasteiger partial charge is 0.202 e. The van der Waals surface area contributed by atoms with E-state index in [0.717, 1.165) is 11.0 Å². The molecular formula is C11H21N3OS. The van der Waals surface area contributed by atoms with Gasteiger partial charge in [0.15, 0.2) is 0 Å². The predicted octanol–water partition coefficient (Wildman–Crippen LogP) is 2.26. The quantitative estimate of drug-likeness (QED) is 0.851. The average Bonchev–Trinajstić information content (AvgIpc) is 2.61. The molecule has 1 unspecified atom stereocenters. The van der Waals surface area contributed by atoms with Crippen molar-refractivity contribution in [3.63, 3.8) is 0 Å². The van der Waals surface area contributed by atoms with Gasteiger partial charge in [-0.2, -0.15) is 4.37 Å². The number of aliphatic hydroxyl groups is 1. The summed E-state index contributed by atoms with van der Waals surface area (Å²) in [6.07, 6.45) is -0.345. The topological polar surface area (TPSA) is 58.0 Å². The fourth-order valence-corrected chi connectivity index (χ4v) is 1.79. The molecule has 0 bridgehead atoms. The summed E-state index contributed by atoms with van der Waals surface area (Å²) in [5.74, 6) is 1.10. The van der Waals surface area contributed by atoms with Crippen molar-refractivity contribution < 1.29 is 5.11 Å². The van der Waals surface area contributed by atoms with Crippen LogP contribution in [0.3, 0.4) is 0 Å². The minimum absolute atomic E-state index is 0.0207. The molecule has 0 saturated carbocycles. The number of rotatable bonds is 4. The number of aliphatic hydroxyl groups excluding tert-OH is 1. The van der Waals surface area contributed by atoms with Gasteiger partial charge in [0.25, 0.3) is 0 Å². The Bertz CT molecular complexity index is 330. The van der Waals surface area contributed by atoms with Gasteiger partial charge in [-0.3, -0.25) is 0 Å². The maximum atomic E-state index is 9.65. The molecule has 0 amide bonds. The molecular weight excluding hydrogens is 222 g/mol. The maximum absolute atomic E-state index is 9.65. The summed E-state index contributed by atoms with van der Waals surface area (Å²) < 4.78 is 4.30. The van der Waals surface area contributed by atoms with Gasteiger partial charge in [-0.15, -0.1) is 0 Å². The van der Waals surface area contributed by atoms with Crippen LogP contribution in [0, 0.1) is 5.92 Å². The molecule has 0 saturated heterocycles. The Labute approximate surface area is 101 Å². The number of hydrogen-bond acceptors (Lipinski definition) is 5. The summed E-state index contributed by atoms with van der Waals surface area (Å²) in [4.78, 5) is 4.40. The fourth-order valence-electron chi connectivity index (χ4n) is 1.03. The van der Waals surface area contributed by atoms with Crippen LogP contribution in [-0.4, -0.2) is 27.1 Å². The molecule has 5 heteroatoms. The number of aromatic nitrogens is 2. The van der Waals surface area contributed by atoms with Gasteiger partial charge in [0.2, 0.25) is 5.13 Å². The van der Waals surface area contributed by atoms with Gasteiger partial charge in [-0.25, -0.2) is 4.98 Å². The fraction of sp³-hybridized carbons (Fsp3) is 0.818. The van der Waals surface area contributed by atoms with Gasteiger partial charge in [0.05, 0.1) is 6.10 Å². The van der Waals surface area contributed by atoms with Crippen LogP contribution in [-0.2, 0) is 5.41 Å². The average molecular weight is 243 g/mol. The summed E-state index contributed by atoms with van der Waals surface area (Å²) >= 11 is 1.35.